The third-order valence-corrected chi connectivity index (χ3v) is 4.90. The SMILES string of the molecule is Cc1ccccc1CN(C(=O)COc1ccc(Br)cc1)[C@H](C)C(=O)NC(C)C. The molecule has 0 spiro atoms. The lowest BCUT2D eigenvalue weighted by atomic mass is 10.1. The molecule has 0 aromatic heterocycles. The molecule has 0 saturated heterocycles. The number of halogens is 1. The van der Waals surface area contributed by atoms with Crippen molar-refractivity contribution in [2.24, 2.45) is 0 Å². The number of benzene rings is 2. The van der Waals surface area contributed by atoms with Gasteiger partial charge in [-0.05, 0) is 63.1 Å². The molecule has 2 aromatic rings. The van der Waals surface area contributed by atoms with Crippen molar-refractivity contribution in [1.29, 1.82) is 0 Å². The van der Waals surface area contributed by atoms with Gasteiger partial charge in [0.2, 0.25) is 5.91 Å². The molecule has 1 N–H and O–H groups in total. The largest absolute Gasteiger partial charge is 0.484 e. The predicted octanol–water partition coefficient (Wildman–Crippen LogP) is 4.08. The molecule has 0 aliphatic rings. The first-order valence-electron chi connectivity index (χ1n) is 9.30. The average Bonchev–Trinajstić information content (AvgIpc) is 2.65. The van der Waals surface area contributed by atoms with Gasteiger partial charge in [-0.2, -0.15) is 0 Å². The zero-order valence-corrected chi connectivity index (χ0v) is 18.3. The van der Waals surface area contributed by atoms with Crippen LogP contribution in [0.15, 0.2) is 53.0 Å². The van der Waals surface area contributed by atoms with Crippen LogP contribution in [-0.2, 0) is 16.1 Å². The number of nitrogens with zero attached hydrogens (tertiary/aromatic N) is 1. The molecule has 2 aromatic carbocycles. The highest BCUT2D eigenvalue weighted by Crippen LogP contribution is 2.17. The van der Waals surface area contributed by atoms with Crippen LogP contribution in [0.25, 0.3) is 0 Å². The zero-order chi connectivity index (χ0) is 20.7. The number of carbonyl (C=O) groups is 2. The lowest BCUT2D eigenvalue weighted by Crippen LogP contribution is -2.50. The average molecular weight is 447 g/mol. The Morgan fingerprint density at radius 1 is 1.07 bits per heavy atom. The summed E-state index contributed by atoms with van der Waals surface area (Å²) < 4.78 is 6.58. The number of rotatable bonds is 8. The van der Waals surface area contributed by atoms with Crippen LogP contribution < -0.4 is 10.1 Å². The van der Waals surface area contributed by atoms with Gasteiger partial charge in [-0.3, -0.25) is 9.59 Å². The van der Waals surface area contributed by atoms with Crippen molar-refractivity contribution < 1.29 is 14.3 Å². The lowest BCUT2D eigenvalue weighted by molar-refractivity contribution is -0.142. The van der Waals surface area contributed by atoms with Crippen molar-refractivity contribution in [2.75, 3.05) is 6.61 Å². The van der Waals surface area contributed by atoms with Gasteiger partial charge in [-0.15, -0.1) is 0 Å². The van der Waals surface area contributed by atoms with Crippen molar-refractivity contribution in [3.8, 4) is 5.75 Å². The van der Waals surface area contributed by atoms with E-state index in [2.05, 4.69) is 21.2 Å². The monoisotopic (exact) mass is 446 g/mol. The Labute approximate surface area is 175 Å². The summed E-state index contributed by atoms with van der Waals surface area (Å²) in [5.41, 5.74) is 2.08. The van der Waals surface area contributed by atoms with Gasteiger partial charge in [0.25, 0.3) is 5.91 Å². The van der Waals surface area contributed by atoms with Gasteiger partial charge in [0.1, 0.15) is 11.8 Å². The molecule has 5 nitrogen and oxygen atoms in total. The maximum Gasteiger partial charge on any atom is 0.261 e. The first kappa shape index (κ1) is 22.0. The molecule has 1 atom stereocenters. The second-order valence-electron chi connectivity index (χ2n) is 7.03. The summed E-state index contributed by atoms with van der Waals surface area (Å²) in [5.74, 6) is 0.185. The fourth-order valence-corrected chi connectivity index (χ4v) is 2.98. The molecule has 0 aliphatic carbocycles. The Balaban J connectivity index is 2.15. The van der Waals surface area contributed by atoms with Crippen LogP contribution in [0.3, 0.4) is 0 Å². The Morgan fingerprint density at radius 2 is 1.71 bits per heavy atom. The fourth-order valence-electron chi connectivity index (χ4n) is 2.72. The number of hydrogen-bond donors (Lipinski definition) is 1. The predicted molar refractivity (Wildman–Crippen MR) is 114 cm³/mol. The first-order valence-corrected chi connectivity index (χ1v) is 10.1. The molecule has 0 heterocycles. The number of nitrogens with one attached hydrogen (secondary N) is 1. The minimum atomic E-state index is -0.608. The second-order valence-corrected chi connectivity index (χ2v) is 7.95. The van der Waals surface area contributed by atoms with Gasteiger partial charge >= 0.3 is 0 Å². The first-order chi connectivity index (χ1) is 13.3. The smallest absolute Gasteiger partial charge is 0.261 e. The topological polar surface area (TPSA) is 58.6 Å². The molecule has 2 amide bonds. The molecule has 0 saturated carbocycles. The van der Waals surface area contributed by atoms with E-state index in [1.165, 1.54) is 0 Å². The number of carbonyl (C=O) groups excluding carboxylic acids is 2. The quantitative estimate of drug-likeness (QED) is 0.664. The van der Waals surface area contributed by atoms with E-state index in [-0.39, 0.29) is 24.5 Å². The molecule has 6 heteroatoms. The third kappa shape index (κ3) is 6.37. The van der Waals surface area contributed by atoms with Crippen molar-refractivity contribution in [2.45, 2.75) is 46.3 Å². The van der Waals surface area contributed by atoms with Crippen molar-refractivity contribution in [1.82, 2.24) is 10.2 Å². The molecule has 28 heavy (non-hydrogen) atoms. The molecule has 0 fully saturated rings. The van der Waals surface area contributed by atoms with Crippen LogP contribution in [-0.4, -0.2) is 35.4 Å². The highest BCUT2D eigenvalue weighted by molar-refractivity contribution is 9.10. The van der Waals surface area contributed by atoms with E-state index in [0.29, 0.717) is 12.3 Å². The van der Waals surface area contributed by atoms with Crippen LogP contribution >= 0.6 is 15.9 Å². The Hall–Kier alpha value is -2.34. The molecule has 0 aliphatic heterocycles. The van der Waals surface area contributed by atoms with E-state index in [1.54, 1.807) is 24.0 Å². The molecular formula is C22H27BrN2O3. The standard InChI is InChI=1S/C22H27BrN2O3/c1-15(2)24-22(27)17(4)25(13-18-8-6-5-7-16(18)3)21(26)14-28-20-11-9-19(23)10-12-20/h5-12,15,17H,13-14H2,1-4H3,(H,24,27)/t17-/m1/s1. The summed E-state index contributed by atoms with van der Waals surface area (Å²) in [6, 6.07) is 14.5. The molecule has 150 valence electrons. The van der Waals surface area contributed by atoms with Gasteiger partial charge in [0.15, 0.2) is 6.61 Å². The van der Waals surface area contributed by atoms with Crippen LogP contribution in [0.5, 0.6) is 5.75 Å². The normalized spacial score (nSPS) is 11.8. The minimum absolute atomic E-state index is 0.00405. The fraction of sp³-hybridized carbons (Fsp3) is 0.364. The highest BCUT2D eigenvalue weighted by atomic mass is 79.9. The maximum absolute atomic E-state index is 12.9. The van der Waals surface area contributed by atoms with Gasteiger partial charge < -0.3 is 15.0 Å². The Kier molecular flexibility index (Phi) is 8.05. The van der Waals surface area contributed by atoms with E-state index in [9.17, 15) is 9.59 Å². The zero-order valence-electron chi connectivity index (χ0n) is 16.7. The Morgan fingerprint density at radius 3 is 2.32 bits per heavy atom. The summed E-state index contributed by atoms with van der Waals surface area (Å²) in [5, 5.41) is 2.88. The van der Waals surface area contributed by atoms with Gasteiger partial charge in [-0.1, -0.05) is 40.2 Å². The van der Waals surface area contributed by atoms with Crippen LogP contribution in [0.4, 0.5) is 0 Å². The van der Waals surface area contributed by atoms with E-state index in [4.69, 9.17) is 4.74 Å². The molecule has 0 bridgehead atoms. The van der Waals surface area contributed by atoms with E-state index >= 15 is 0 Å². The molecule has 2 rings (SSSR count). The second kappa shape index (κ2) is 10.3. The summed E-state index contributed by atoms with van der Waals surface area (Å²) in [6.45, 7) is 7.75. The van der Waals surface area contributed by atoms with Crippen molar-refractivity contribution >= 4 is 27.7 Å². The summed E-state index contributed by atoms with van der Waals surface area (Å²) >= 11 is 3.37. The van der Waals surface area contributed by atoms with Gasteiger partial charge in [-0.25, -0.2) is 0 Å². The van der Waals surface area contributed by atoms with Crippen LogP contribution in [0.1, 0.15) is 31.9 Å². The van der Waals surface area contributed by atoms with E-state index in [1.807, 2.05) is 57.2 Å². The number of ether oxygens (including phenoxy) is 1. The number of hydrogen-bond acceptors (Lipinski definition) is 3. The number of amides is 2. The summed E-state index contributed by atoms with van der Waals surface area (Å²) in [6.07, 6.45) is 0. The maximum atomic E-state index is 12.9. The van der Waals surface area contributed by atoms with E-state index < -0.39 is 6.04 Å². The van der Waals surface area contributed by atoms with Gasteiger partial charge in [0, 0.05) is 17.1 Å². The Bertz CT molecular complexity index is 806. The summed E-state index contributed by atoms with van der Waals surface area (Å²) in [4.78, 5) is 27.0. The van der Waals surface area contributed by atoms with Crippen molar-refractivity contribution in [3.63, 3.8) is 0 Å². The van der Waals surface area contributed by atoms with Crippen molar-refractivity contribution in [3.05, 3.63) is 64.1 Å². The molecule has 0 unspecified atom stereocenters. The summed E-state index contributed by atoms with van der Waals surface area (Å²) in [7, 11) is 0. The van der Waals surface area contributed by atoms with Crippen LogP contribution in [0.2, 0.25) is 0 Å². The van der Waals surface area contributed by atoms with Gasteiger partial charge in [0.05, 0.1) is 0 Å². The van der Waals surface area contributed by atoms with Crippen LogP contribution in [0, 0.1) is 6.92 Å². The highest BCUT2D eigenvalue weighted by Gasteiger charge is 2.27. The lowest BCUT2D eigenvalue weighted by Gasteiger charge is -2.29. The molecular weight excluding hydrogens is 420 g/mol. The molecule has 0 radical (unpaired) electrons. The minimum Gasteiger partial charge on any atom is -0.484 e. The number of aryl methyl sites for hydroxylation is 1. The van der Waals surface area contributed by atoms with E-state index in [0.717, 1.165) is 15.6 Å². The third-order valence-electron chi connectivity index (χ3n) is 4.38.